The molecule has 0 saturated carbocycles. The molecule has 0 bridgehead atoms. The van der Waals surface area contributed by atoms with Crippen LogP contribution >= 0.6 is 0 Å². The number of rotatable bonds is 5. The van der Waals surface area contributed by atoms with E-state index >= 15 is 0 Å². The molecule has 0 aromatic heterocycles. The van der Waals surface area contributed by atoms with Gasteiger partial charge in [0.1, 0.15) is 0 Å². The standard InChI is InChI=1S/C12H10O6/c13-9(14)6-2-4-7-3-1-5-8(11(15)16)10(7)12(17)18/h1-3,5-6H,4H2,(H,13,14)(H,15,16)(H,17,18)/b6-2+. The van der Waals surface area contributed by atoms with Gasteiger partial charge in [-0.25, -0.2) is 14.4 Å². The molecule has 0 aliphatic rings. The summed E-state index contributed by atoms with van der Waals surface area (Å²) in [7, 11) is 0. The van der Waals surface area contributed by atoms with E-state index in [0.29, 0.717) is 0 Å². The molecule has 0 amide bonds. The molecule has 0 heterocycles. The van der Waals surface area contributed by atoms with Gasteiger partial charge in [0.05, 0.1) is 11.1 Å². The predicted octanol–water partition coefficient (Wildman–Crippen LogP) is 1.27. The van der Waals surface area contributed by atoms with Gasteiger partial charge < -0.3 is 15.3 Å². The second kappa shape index (κ2) is 5.62. The maximum Gasteiger partial charge on any atom is 0.336 e. The van der Waals surface area contributed by atoms with Crippen LogP contribution in [-0.4, -0.2) is 33.2 Å². The van der Waals surface area contributed by atoms with Gasteiger partial charge in [0.2, 0.25) is 0 Å². The van der Waals surface area contributed by atoms with E-state index in [9.17, 15) is 14.4 Å². The first-order valence-corrected chi connectivity index (χ1v) is 4.91. The summed E-state index contributed by atoms with van der Waals surface area (Å²) in [5, 5.41) is 26.3. The zero-order valence-corrected chi connectivity index (χ0v) is 9.16. The normalized spacial score (nSPS) is 10.4. The molecule has 0 aliphatic carbocycles. The lowest BCUT2D eigenvalue weighted by atomic mass is 9.98. The van der Waals surface area contributed by atoms with Crippen LogP contribution in [0, 0.1) is 0 Å². The van der Waals surface area contributed by atoms with Crippen LogP contribution in [0.25, 0.3) is 0 Å². The maximum atomic E-state index is 11.0. The fourth-order valence-corrected chi connectivity index (χ4v) is 1.49. The summed E-state index contributed by atoms with van der Waals surface area (Å²) < 4.78 is 0. The van der Waals surface area contributed by atoms with Gasteiger partial charge in [-0.2, -0.15) is 0 Å². The molecule has 0 saturated heterocycles. The van der Waals surface area contributed by atoms with E-state index < -0.39 is 17.9 Å². The van der Waals surface area contributed by atoms with Gasteiger partial charge in [0.15, 0.2) is 0 Å². The highest BCUT2D eigenvalue weighted by Crippen LogP contribution is 2.16. The molecule has 18 heavy (non-hydrogen) atoms. The smallest absolute Gasteiger partial charge is 0.336 e. The van der Waals surface area contributed by atoms with Crippen molar-refractivity contribution in [3.05, 3.63) is 47.0 Å². The van der Waals surface area contributed by atoms with Gasteiger partial charge in [-0.05, 0) is 18.1 Å². The first kappa shape index (κ1) is 13.4. The van der Waals surface area contributed by atoms with Crippen molar-refractivity contribution in [2.24, 2.45) is 0 Å². The van der Waals surface area contributed by atoms with Crippen LogP contribution in [0.3, 0.4) is 0 Å². The molecule has 1 aromatic rings. The number of aliphatic carboxylic acids is 1. The molecule has 0 aliphatic heterocycles. The molecule has 6 heteroatoms. The van der Waals surface area contributed by atoms with Crippen LogP contribution in [0.1, 0.15) is 26.3 Å². The first-order chi connectivity index (χ1) is 8.43. The highest BCUT2D eigenvalue weighted by Gasteiger charge is 2.18. The second-order valence-electron chi connectivity index (χ2n) is 3.39. The molecule has 0 fully saturated rings. The van der Waals surface area contributed by atoms with Crippen molar-refractivity contribution in [3.63, 3.8) is 0 Å². The van der Waals surface area contributed by atoms with Gasteiger partial charge in [0.25, 0.3) is 0 Å². The number of allylic oxidation sites excluding steroid dienone is 1. The molecule has 1 aromatic carbocycles. The molecule has 3 N–H and O–H groups in total. The Hall–Kier alpha value is -2.63. The Morgan fingerprint density at radius 2 is 1.72 bits per heavy atom. The zero-order valence-electron chi connectivity index (χ0n) is 9.16. The van der Waals surface area contributed by atoms with Crippen molar-refractivity contribution >= 4 is 17.9 Å². The molecule has 6 nitrogen and oxygen atoms in total. The summed E-state index contributed by atoms with van der Waals surface area (Å²) in [6.07, 6.45) is 2.17. The Bertz CT molecular complexity index is 529. The van der Waals surface area contributed by atoms with Gasteiger partial charge in [-0.1, -0.05) is 18.2 Å². The largest absolute Gasteiger partial charge is 0.478 e. The number of hydrogen-bond donors (Lipinski definition) is 3. The van der Waals surface area contributed by atoms with Gasteiger partial charge in [-0.3, -0.25) is 0 Å². The van der Waals surface area contributed by atoms with Crippen LogP contribution in [-0.2, 0) is 11.2 Å². The molecule has 0 unspecified atom stereocenters. The van der Waals surface area contributed by atoms with Gasteiger partial charge in [-0.15, -0.1) is 0 Å². The lowest BCUT2D eigenvalue weighted by Gasteiger charge is -2.06. The number of hydrogen-bond acceptors (Lipinski definition) is 3. The summed E-state index contributed by atoms with van der Waals surface area (Å²) in [5.74, 6) is -3.84. The third-order valence-electron chi connectivity index (χ3n) is 2.19. The minimum absolute atomic E-state index is 0.0368. The van der Waals surface area contributed by atoms with Crippen LogP contribution in [0.4, 0.5) is 0 Å². The number of benzene rings is 1. The molecule has 94 valence electrons. The second-order valence-corrected chi connectivity index (χ2v) is 3.39. The number of carboxylic acid groups (broad SMARTS) is 3. The van der Waals surface area contributed by atoms with Crippen molar-refractivity contribution < 1.29 is 29.7 Å². The zero-order chi connectivity index (χ0) is 13.7. The Labute approximate surface area is 102 Å². The van der Waals surface area contributed by atoms with Crippen molar-refractivity contribution in [2.75, 3.05) is 0 Å². The van der Waals surface area contributed by atoms with Crippen molar-refractivity contribution in [1.82, 2.24) is 0 Å². The maximum absolute atomic E-state index is 11.0. The third kappa shape index (κ3) is 3.18. The van der Waals surface area contributed by atoms with Gasteiger partial charge >= 0.3 is 17.9 Å². The summed E-state index contributed by atoms with van der Waals surface area (Å²) in [6, 6.07) is 4.05. The van der Waals surface area contributed by atoms with E-state index in [2.05, 4.69) is 0 Å². The van der Waals surface area contributed by atoms with Crippen molar-refractivity contribution in [3.8, 4) is 0 Å². The molecule has 0 atom stereocenters. The van der Waals surface area contributed by atoms with E-state index in [1.165, 1.54) is 24.3 Å². The highest BCUT2D eigenvalue weighted by molar-refractivity contribution is 6.02. The lowest BCUT2D eigenvalue weighted by molar-refractivity contribution is -0.131. The van der Waals surface area contributed by atoms with Crippen LogP contribution < -0.4 is 0 Å². The SMILES string of the molecule is O=C(O)/C=C/Cc1cccc(C(=O)O)c1C(=O)O. The minimum atomic E-state index is -1.35. The Morgan fingerprint density at radius 3 is 2.22 bits per heavy atom. The molecule has 0 radical (unpaired) electrons. The number of carbonyl (C=O) groups is 3. The van der Waals surface area contributed by atoms with E-state index in [1.54, 1.807) is 0 Å². The summed E-state index contributed by atoms with van der Waals surface area (Å²) in [6.45, 7) is 0. The first-order valence-electron chi connectivity index (χ1n) is 4.91. The number of aromatic carboxylic acids is 2. The van der Waals surface area contributed by atoms with E-state index in [-0.39, 0.29) is 23.1 Å². The molecular formula is C12H10O6. The van der Waals surface area contributed by atoms with Crippen molar-refractivity contribution in [1.29, 1.82) is 0 Å². The highest BCUT2D eigenvalue weighted by atomic mass is 16.4. The minimum Gasteiger partial charge on any atom is -0.478 e. The Kier molecular flexibility index (Phi) is 4.20. The number of carboxylic acids is 3. The Morgan fingerprint density at radius 1 is 1.06 bits per heavy atom. The van der Waals surface area contributed by atoms with E-state index in [1.807, 2.05) is 0 Å². The average Bonchev–Trinajstić information content (AvgIpc) is 2.27. The fourth-order valence-electron chi connectivity index (χ4n) is 1.49. The molecule has 1 rings (SSSR count). The molecule has 0 spiro atoms. The van der Waals surface area contributed by atoms with Crippen molar-refractivity contribution in [2.45, 2.75) is 6.42 Å². The third-order valence-corrected chi connectivity index (χ3v) is 2.19. The van der Waals surface area contributed by atoms with Crippen LogP contribution in [0.15, 0.2) is 30.4 Å². The average molecular weight is 250 g/mol. The van der Waals surface area contributed by atoms with Crippen LogP contribution in [0.5, 0.6) is 0 Å². The van der Waals surface area contributed by atoms with Crippen LogP contribution in [0.2, 0.25) is 0 Å². The lowest BCUT2D eigenvalue weighted by Crippen LogP contribution is -2.11. The van der Waals surface area contributed by atoms with E-state index in [0.717, 1.165) is 6.08 Å². The predicted molar refractivity (Wildman–Crippen MR) is 60.8 cm³/mol. The Balaban J connectivity index is 3.19. The summed E-state index contributed by atoms with van der Waals surface area (Å²) in [5.41, 5.74) is -0.385. The summed E-state index contributed by atoms with van der Waals surface area (Å²) >= 11 is 0. The monoisotopic (exact) mass is 250 g/mol. The molecular weight excluding hydrogens is 240 g/mol. The summed E-state index contributed by atoms with van der Waals surface area (Å²) in [4.78, 5) is 32.2. The van der Waals surface area contributed by atoms with Gasteiger partial charge in [0, 0.05) is 6.08 Å². The quantitative estimate of drug-likeness (QED) is 0.678. The fraction of sp³-hybridized carbons (Fsp3) is 0.0833. The van der Waals surface area contributed by atoms with E-state index in [4.69, 9.17) is 15.3 Å². The topological polar surface area (TPSA) is 112 Å².